The molecule has 3 rings (SSSR count). The van der Waals surface area contributed by atoms with Gasteiger partial charge in [0.1, 0.15) is 0 Å². The summed E-state index contributed by atoms with van der Waals surface area (Å²) >= 11 is 0. The monoisotopic (exact) mass is 461 g/mol. The highest BCUT2D eigenvalue weighted by molar-refractivity contribution is 5.79. The lowest BCUT2D eigenvalue weighted by atomic mass is 9.76. The summed E-state index contributed by atoms with van der Waals surface area (Å²) in [4.78, 5) is 32.0. The molecule has 3 aliphatic rings. The van der Waals surface area contributed by atoms with Gasteiger partial charge in [-0.05, 0) is 95.6 Å². The highest BCUT2D eigenvalue weighted by atomic mass is 16.2. The number of carbonyl (C=O) groups excluding carboxylic acids is 2. The van der Waals surface area contributed by atoms with E-state index in [1.54, 1.807) is 0 Å². The molecule has 0 atom stereocenters. The Kier molecular flexibility index (Phi) is 10.1. The SMILES string of the molecule is CC(C)C(=O)N1CCC(N(C)CCCC2CCN(C(=O)C3CCC(C(C)C)CC3)CC2)CC1. The Morgan fingerprint density at radius 1 is 0.818 bits per heavy atom. The molecule has 0 aromatic heterocycles. The summed E-state index contributed by atoms with van der Waals surface area (Å²) in [6, 6.07) is 0.617. The first-order valence-electron chi connectivity index (χ1n) is 14.0. The van der Waals surface area contributed by atoms with Crippen molar-refractivity contribution in [2.45, 2.75) is 97.9 Å². The fraction of sp³-hybridized carbons (Fsp3) is 0.929. The van der Waals surface area contributed by atoms with Crippen molar-refractivity contribution >= 4 is 11.8 Å². The van der Waals surface area contributed by atoms with E-state index >= 15 is 0 Å². The third-order valence-corrected chi connectivity index (χ3v) is 9.01. The first-order valence-corrected chi connectivity index (χ1v) is 14.0. The lowest BCUT2D eigenvalue weighted by molar-refractivity contribution is -0.138. The van der Waals surface area contributed by atoms with Crippen LogP contribution < -0.4 is 0 Å². The molecule has 33 heavy (non-hydrogen) atoms. The second kappa shape index (κ2) is 12.6. The maximum atomic E-state index is 13.0. The fourth-order valence-corrected chi connectivity index (χ4v) is 6.44. The average molecular weight is 462 g/mol. The van der Waals surface area contributed by atoms with Gasteiger partial charge in [-0.1, -0.05) is 27.7 Å². The molecule has 5 nitrogen and oxygen atoms in total. The second-order valence-corrected chi connectivity index (χ2v) is 12.0. The maximum Gasteiger partial charge on any atom is 0.225 e. The minimum atomic E-state index is 0.112. The van der Waals surface area contributed by atoms with Crippen molar-refractivity contribution in [2.75, 3.05) is 39.8 Å². The molecular weight excluding hydrogens is 410 g/mol. The lowest BCUT2D eigenvalue weighted by Crippen LogP contribution is -2.47. The van der Waals surface area contributed by atoms with Crippen LogP contribution in [0.5, 0.6) is 0 Å². The van der Waals surface area contributed by atoms with E-state index in [-0.39, 0.29) is 5.92 Å². The second-order valence-electron chi connectivity index (χ2n) is 12.0. The molecule has 0 aromatic carbocycles. The molecule has 0 aromatic rings. The van der Waals surface area contributed by atoms with E-state index < -0.39 is 0 Å². The Labute approximate surface area is 203 Å². The molecule has 2 amide bonds. The summed E-state index contributed by atoms with van der Waals surface area (Å²) < 4.78 is 0. The van der Waals surface area contributed by atoms with Crippen LogP contribution in [0, 0.1) is 29.6 Å². The number of rotatable bonds is 8. The normalized spacial score (nSPS) is 25.9. The van der Waals surface area contributed by atoms with E-state index in [9.17, 15) is 9.59 Å². The summed E-state index contributed by atoms with van der Waals surface area (Å²) in [7, 11) is 2.26. The first-order chi connectivity index (χ1) is 15.8. The Balaban J connectivity index is 1.29. The molecule has 0 unspecified atom stereocenters. The predicted octanol–water partition coefficient (Wildman–Crippen LogP) is 5.05. The number of hydrogen-bond donors (Lipinski definition) is 0. The molecule has 0 spiro atoms. The Morgan fingerprint density at radius 3 is 1.94 bits per heavy atom. The van der Waals surface area contributed by atoms with Gasteiger partial charge in [-0.15, -0.1) is 0 Å². The molecular formula is C28H51N3O2. The van der Waals surface area contributed by atoms with Crippen LogP contribution in [0.1, 0.15) is 91.9 Å². The molecule has 2 aliphatic heterocycles. The zero-order valence-electron chi connectivity index (χ0n) is 22.2. The van der Waals surface area contributed by atoms with Crippen LogP contribution in [0.2, 0.25) is 0 Å². The van der Waals surface area contributed by atoms with E-state index in [0.717, 1.165) is 76.2 Å². The Bertz CT molecular complexity index is 611. The van der Waals surface area contributed by atoms with Gasteiger partial charge in [-0.2, -0.15) is 0 Å². The molecule has 0 N–H and O–H groups in total. The minimum Gasteiger partial charge on any atom is -0.342 e. The quantitative estimate of drug-likeness (QED) is 0.508. The number of amides is 2. The highest BCUT2D eigenvalue weighted by Gasteiger charge is 2.32. The molecule has 2 heterocycles. The van der Waals surface area contributed by atoms with Gasteiger partial charge in [0, 0.05) is 44.1 Å². The third-order valence-electron chi connectivity index (χ3n) is 9.01. The molecule has 1 aliphatic carbocycles. The van der Waals surface area contributed by atoms with Gasteiger partial charge in [0.15, 0.2) is 0 Å². The van der Waals surface area contributed by atoms with Crippen LogP contribution >= 0.6 is 0 Å². The molecule has 2 saturated heterocycles. The molecule has 0 radical (unpaired) electrons. The van der Waals surface area contributed by atoms with Gasteiger partial charge in [-0.3, -0.25) is 9.59 Å². The lowest BCUT2D eigenvalue weighted by Gasteiger charge is -2.38. The van der Waals surface area contributed by atoms with E-state index in [0.29, 0.717) is 23.8 Å². The van der Waals surface area contributed by atoms with E-state index in [1.165, 1.54) is 38.5 Å². The number of carbonyl (C=O) groups is 2. The summed E-state index contributed by atoms with van der Waals surface area (Å²) in [6.07, 6.45) is 11.8. The van der Waals surface area contributed by atoms with Gasteiger partial charge in [0.2, 0.25) is 11.8 Å². The predicted molar refractivity (Wildman–Crippen MR) is 136 cm³/mol. The Morgan fingerprint density at radius 2 is 1.39 bits per heavy atom. The zero-order valence-corrected chi connectivity index (χ0v) is 22.2. The molecule has 5 heteroatoms. The summed E-state index contributed by atoms with van der Waals surface area (Å²) in [5, 5.41) is 0. The van der Waals surface area contributed by atoms with E-state index in [1.807, 2.05) is 13.8 Å². The third kappa shape index (κ3) is 7.44. The van der Waals surface area contributed by atoms with Crippen LogP contribution in [-0.2, 0) is 9.59 Å². The van der Waals surface area contributed by atoms with Crippen LogP contribution in [0.25, 0.3) is 0 Å². The number of nitrogens with zero attached hydrogens (tertiary/aromatic N) is 3. The molecule has 3 fully saturated rings. The highest BCUT2D eigenvalue weighted by Crippen LogP contribution is 2.35. The van der Waals surface area contributed by atoms with Crippen molar-refractivity contribution < 1.29 is 9.59 Å². The summed E-state index contributed by atoms with van der Waals surface area (Å²) in [6.45, 7) is 13.6. The minimum absolute atomic E-state index is 0.112. The van der Waals surface area contributed by atoms with Crippen LogP contribution in [0.3, 0.4) is 0 Å². The maximum absolute atomic E-state index is 13.0. The molecule has 190 valence electrons. The van der Waals surface area contributed by atoms with E-state index in [2.05, 4.69) is 35.6 Å². The Hall–Kier alpha value is -1.10. The van der Waals surface area contributed by atoms with Crippen molar-refractivity contribution in [1.29, 1.82) is 0 Å². The van der Waals surface area contributed by atoms with E-state index in [4.69, 9.17) is 0 Å². The molecule has 1 saturated carbocycles. The van der Waals surface area contributed by atoms with Gasteiger partial charge in [0.05, 0.1) is 0 Å². The largest absolute Gasteiger partial charge is 0.342 e. The zero-order chi connectivity index (χ0) is 24.0. The van der Waals surface area contributed by atoms with Crippen molar-refractivity contribution in [3.05, 3.63) is 0 Å². The topological polar surface area (TPSA) is 43.9 Å². The van der Waals surface area contributed by atoms with Crippen molar-refractivity contribution in [2.24, 2.45) is 29.6 Å². The molecule has 0 bridgehead atoms. The smallest absolute Gasteiger partial charge is 0.225 e. The van der Waals surface area contributed by atoms with Crippen LogP contribution in [0.4, 0.5) is 0 Å². The number of likely N-dealkylation sites (tertiary alicyclic amines) is 2. The van der Waals surface area contributed by atoms with Gasteiger partial charge in [-0.25, -0.2) is 0 Å². The van der Waals surface area contributed by atoms with Crippen LogP contribution in [0.15, 0.2) is 0 Å². The van der Waals surface area contributed by atoms with Crippen molar-refractivity contribution in [1.82, 2.24) is 14.7 Å². The summed E-state index contributed by atoms with van der Waals surface area (Å²) in [5.74, 6) is 3.55. The van der Waals surface area contributed by atoms with Crippen LogP contribution in [-0.4, -0.2) is 72.3 Å². The van der Waals surface area contributed by atoms with Gasteiger partial charge >= 0.3 is 0 Å². The van der Waals surface area contributed by atoms with Gasteiger partial charge < -0.3 is 14.7 Å². The first kappa shape index (κ1) is 26.5. The number of hydrogen-bond acceptors (Lipinski definition) is 3. The standard InChI is InChI=1S/C28H51N3O2/c1-21(2)24-8-10-25(11-9-24)28(33)31-17-12-23(13-18-31)7-6-16-29(5)26-14-19-30(20-15-26)27(32)22(3)4/h21-26H,6-20H2,1-5H3. The number of piperidine rings is 2. The van der Waals surface area contributed by atoms with Crippen molar-refractivity contribution in [3.63, 3.8) is 0 Å². The summed E-state index contributed by atoms with van der Waals surface area (Å²) in [5.41, 5.74) is 0. The van der Waals surface area contributed by atoms with Gasteiger partial charge in [0.25, 0.3) is 0 Å². The average Bonchev–Trinajstić information content (AvgIpc) is 2.83. The fourth-order valence-electron chi connectivity index (χ4n) is 6.44. The van der Waals surface area contributed by atoms with Crippen molar-refractivity contribution in [3.8, 4) is 0 Å².